The molecular weight excluding hydrogens is 492 g/mol. The van der Waals surface area contributed by atoms with Crippen LogP contribution in [0.3, 0.4) is 0 Å². The number of carbonyl (C=O) groups excluding carboxylic acids is 2. The van der Waals surface area contributed by atoms with Crippen LogP contribution in [0, 0.1) is 0 Å². The predicted molar refractivity (Wildman–Crippen MR) is 145 cm³/mol. The Morgan fingerprint density at radius 1 is 0.974 bits per heavy atom. The average Bonchev–Trinajstić information content (AvgIpc) is 3.45. The zero-order chi connectivity index (χ0) is 26.9. The van der Waals surface area contributed by atoms with Gasteiger partial charge >= 0.3 is 0 Å². The number of aliphatic hydroxyl groups excluding tert-OH is 1. The van der Waals surface area contributed by atoms with Gasteiger partial charge in [-0.3, -0.25) is 14.6 Å². The smallest absolute Gasteiger partial charge is 0.295 e. The first-order chi connectivity index (χ1) is 19.0. The standard InChI is InChI=1S/C32H26N2O5/c1-20-16-24-17-23(10-11-27(24)38-20)30(35)28-29(34(32(37)31(28)36)19-21-12-14-33-15-13-21)22-6-5-9-26(18-22)39-25-7-3-2-4-8-25/h2-15,17-18,20,29,35H,16,19H2,1H3/b30-28+. The van der Waals surface area contributed by atoms with E-state index < -0.39 is 17.7 Å². The number of hydrogen-bond donors (Lipinski definition) is 1. The van der Waals surface area contributed by atoms with Crippen molar-refractivity contribution in [1.29, 1.82) is 0 Å². The summed E-state index contributed by atoms with van der Waals surface area (Å²) in [5.74, 6) is 0.357. The molecule has 7 heteroatoms. The number of ketones is 1. The third kappa shape index (κ3) is 4.75. The highest BCUT2D eigenvalue weighted by Crippen LogP contribution is 2.42. The number of rotatable bonds is 6. The lowest BCUT2D eigenvalue weighted by atomic mass is 9.94. The lowest BCUT2D eigenvalue weighted by Gasteiger charge is -2.26. The van der Waals surface area contributed by atoms with E-state index in [0.717, 1.165) is 16.9 Å². The lowest BCUT2D eigenvalue weighted by Crippen LogP contribution is -2.29. The van der Waals surface area contributed by atoms with Gasteiger partial charge in [-0.05, 0) is 78.2 Å². The Morgan fingerprint density at radius 2 is 1.74 bits per heavy atom. The normalized spacial score (nSPS) is 19.6. The third-order valence-electron chi connectivity index (χ3n) is 6.96. The monoisotopic (exact) mass is 518 g/mol. The van der Waals surface area contributed by atoms with Gasteiger partial charge in [-0.15, -0.1) is 0 Å². The van der Waals surface area contributed by atoms with E-state index in [-0.39, 0.29) is 24.0 Å². The molecule has 3 heterocycles. The first-order valence-corrected chi connectivity index (χ1v) is 12.8. The molecule has 194 valence electrons. The maximum atomic E-state index is 13.5. The van der Waals surface area contributed by atoms with Gasteiger partial charge in [0, 0.05) is 30.9 Å². The molecule has 2 unspecified atom stereocenters. The van der Waals surface area contributed by atoms with Crippen LogP contribution in [0.5, 0.6) is 17.2 Å². The van der Waals surface area contributed by atoms with E-state index in [9.17, 15) is 14.7 Å². The van der Waals surface area contributed by atoms with Crippen LogP contribution in [0.1, 0.15) is 35.2 Å². The maximum Gasteiger partial charge on any atom is 0.295 e. The molecule has 1 saturated heterocycles. The summed E-state index contributed by atoms with van der Waals surface area (Å²) in [5, 5.41) is 11.5. The van der Waals surface area contributed by atoms with Crippen molar-refractivity contribution in [3.05, 3.63) is 125 Å². The number of fused-ring (bicyclic) bond motifs is 1. The Bertz CT molecular complexity index is 1580. The van der Waals surface area contributed by atoms with Crippen LogP contribution in [0.2, 0.25) is 0 Å². The van der Waals surface area contributed by atoms with Gasteiger partial charge in [0.15, 0.2) is 0 Å². The summed E-state index contributed by atoms with van der Waals surface area (Å²) in [6.07, 6.45) is 4.02. The van der Waals surface area contributed by atoms with Gasteiger partial charge in [0.25, 0.3) is 11.7 Å². The number of Topliss-reactive ketones (excluding diaryl/α,β-unsaturated/α-hetero) is 1. The van der Waals surface area contributed by atoms with Crippen LogP contribution in [0.4, 0.5) is 0 Å². The Hall–Kier alpha value is -4.91. The van der Waals surface area contributed by atoms with Gasteiger partial charge in [0.1, 0.15) is 29.1 Å². The molecule has 1 amide bonds. The van der Waals surface area contributed by atoms with Crippen LogP contribution < -0.4 is 9.47 Å². The number of para-hydroxylation sites is 1. The number of nitrogens with zero attached hydrogens (tertiary/aromatic N) is 2. The van der Waals surface area contributed by atoms with Crippen LogP contribution in [0.15, 0.2) is 103 Å². The molecule has 2 atom stereocenters. The molecule has 0 spiro atoms. The Kier molecular flexibility index (Phi) is 6.32. The van der Waals surface area contributed by atoms with E-state index >= 15 is 0 Å². The van der Waals surface area contributed by atoms with Crippen molar-refractivity contribution in [2.24, 2.45) is 0 Å². The number of hydrogen-bond acceptors (Lipinski definition) is 6. The number of aromatic nitrogens is 1. The topological polar surface area (TPSA) is 89.0 Å². The molecule has 1 fully saturated rings. The summed E-state index contributed by atoms with van der Waals surface area (Å²) >= 11 is 0. The Balaban J connectivity index is 1.45. The largest absolute Gasteiger partial charge is 0.507 e. The number of likely N-dealkylation sites (tertiary alicyclic amines) is 1. The van der Waals surface area contributed by atoms with Crippen molar-refractivity contribution < 1.29 is 24.2 Å². The van der Waals surface area contributed by atoms with Gasteiger partial charge < -0.3 is 19.5 Å². The van der Waals surface area contributed by atoms with E-state index in [1.807, 2.05) is 61.5 Å². The molecule has 2 aliphatic rings. The Morgan fingerprint density at radius 3 is 2.54 bits per heavy atom. The zero-order valence-electron chi connectivity index (χ0n) is 21.3. The second kappa shape index (κ2) is 10.1. The van der Waals surface area contributed by atoms with E-state index in [2.05, 4.69) is 4.98 Å². The molecule has 0 saturated carbocycles. The molecule has 7 nitrogen and oxygen atoms in total. The highest BCUT2D eigenvalue weighted by atomic mass is 16.5. The second-order valence-electron chi connectivity index (χ2n) is 9.73. The van der Waals surface area contributed by atoms with Crippen molar-refractivity contribution in [2.45, 2.75) is 32.0 Å². The van der Waals surface area contributed by atoms with Gasteiger partial charge in [0.2, 0.25) is 0 Å². The fourth-order valence-corrected chi connectivity index (χ4v) is 5.17. The highest BCUT2D eigenvalue weighted by molar-refractivity contribution is 6.46. The average molecular weight is 519 g/mol. The van der Waals surface area contributed by atoms with Crippen LogP contribution >= 0.6 is 0 Å². The molecule has 4 aromatic rings. The minimum atomic E-state index is -0.819. The molecule has 6 rings (SSSR count). The van der Waals surface area contributed by atoms with Crippen molar-refractivity contribution in [1.82, 2.24) is 9.88 Å². The molecule has 39 heavy (non-hydrogen) atoms. The first-order valence-electron chi connectivity index (χ1n) is 12.8. The third-order valence-corrected chi connectivity index (χ3v) is 6.96. The van der Waals surface area contributed by atoms with Gasteiger partial charge in [-0.25, -0.2) is 0 Å². The van der Waals surface area contributed by atoms with Crippen molar-refractivity contribution in [2.75, 3.05) is 0 Å². The van der Waals surface area contributed by atoms with Crippen molar-refractivity contribution >= 4 is 17.4 Å². The number of carbonyl (C=O) groups is 2. The summed E-state index contributed by atoms with van der Waals surface area (Å²) in [7, 11) is 0. The molecular formula is C32H26N2O5. The van der Waals surface area contributed by atoms with Gasteiger partial charge in [-0.1, -0.05) is 30.3 Å². The minimum Gasteiger partial charge on any atom is -0.507 e. The van der Waals surface area contributed by atoms with Gasteiger partial charge in [-0.2, -0.15) is 0 Å². The minimum absolute atomic E-state index is 0.0377. The first kappa shape index (κ1) is 24.4. The fourth-order valence-electron chi connectivity index (χ4n) is 5.17. The summed E-state index contributed by atoms with van der Waals surface area (Å²) < 4.78 is 11.8. The van der Waals surface area contributed by atoms with Crippen molar-refractivity contribution in [3.8, 4) is 17.2 Å². The highest BCUT2D eigenvalue weighted by Gasteiger charge is 2.46. The van der Waals surface area contributed by atoms with E-state index in [1.165, 1.54) is 4.90 Å². The number of benzene rings is 3. The van der Waals surface area contributed by atoms with Crippen LogP contribution in [-0.4, -0.2) is 32.8 Å². The quantitative estimate of drug-likeness (QED) is 0.197. The number of aliphatic hydroxyl groups is 1. The maximum absolute atomic E-state index is 13.5. The molecule has 3 aromatic carbocycles. The van der Waals surface area contributed by atoms with E-state index in [1.54, 1.807) is 42.7 Å². The number of amides is 1. The van der Waals surface area contributed by atoms with Gasteiger partial charge in [0.05, 0.1) is 11.6 Å². The van der Waals surface area contributed by atoms with E-state index in [4.69, 9.17) is 9.47 Å². The summed E-state index contributed by atoms with van der Waals surface area (Å²) in [6.45, 7) is 2.16. The molecule has 0 bridgehead atoms. The lowest BCUT2D eigenvalue weighted by molar-refractivity contribution is -0.140. The molecule has 1 N–H and O–H groups in total. The second-order valence-corrected chi connectivity index (χ2v) is 9.73. The molecule has 2 aliphatic heterocycles. The molecule has 0 aliphatic carbocycles. The molecule has 1 aromatic heterocycles. The molecule has 0 radical (unpaired) electrons. The van der Waals surface area contributed by atoms with Crippen LogP contribution in [-0.2, 0) is 22.6 Å². The predicted octanol–water partition coefficient (Wildman–Crippen LogP) is 5.82. The van der Waals surface area contributed by atoms with E-state index in [0.29, 0.717) is 29.0 Å². The number of pyridine rings is 1. The zero-order valence-corrected chi connectivity index (χ0v) is 21.3. The van der Waals surface area contributed by atoms with Crippen LogP contribution in [0.25, 0.3) is 5.76 Å². The Labute approximate surface area is 226 Å². The SMILES string of the molecule is CC1Cc2cc(/C(O)=C3\C(=O)C(=O)N(Cc4ccncc4)C3c3cccc(Oc4ccccc4)c3)ccc2O1. The fraction of sp³-hybridized carbons (Fsp3) is 0.156. The number of ether oxygens (including phenoxy) is 2. The summed E-state index contributed by atoms with van der Waals surface area (Å²) in [6, 6.07) is 24.7. The summed E-state index contributed by atoms with van der Waals surface area (Å²) in [5.41, 5.74) is 2.92. The van der Waals surface area contributed by atoms with Crippen molar-refractivity contribution in [3.63, 3.8) is 0 Å². The summed E-state index contributed by atoms with van der Waals surface area (Å²) in [4.78, 5) is 32.4.